The maximum Gasteiger partial charge on any atom is 0.341 e. The lowest BCUT2D eigenvalue weighted by Gasteiger charge is -2.03. The molecular weight excluding hydrogens is 261 g/mol. The van der Waals surface area contributed by atoms with E-state index in [0.29, 0.717) is 18.7 Å². The van der Waals surface area contributed by atoms with Gasteiger partial charge in [-0.3, -0.25) is 4.68 Å². The van der Waals surface area contributed by atoms with Crippen molar-refractivity contribution in [1.82, 2.24) is 9.78 Å². The molecule has 102 valence electrons. The van der Waals surface area contributed by atoms with Gasteiger partial charge < -0.3 is 4.74 Å². The SMILES string of the molecule is CCOC(=O)c1cnn(Cc2ccc(F)c(C#N)c2)c1. The Morgan fingerprint density at radius 3 is 3.05 bits per heavy atom. The lowest BCUT2D eigenvalue weighted by molar-refractivity contribution is 0.0526. The maximum absolute atomic E-state index is 13.2. The van der Waals surface area contributed by atoms with Crippen LogP contribution in [-0.4, -0.2) is 22.4 Å². The van der Waals surface area contributed by atoms with Crippen molar-refractivity contribution >= 4 is 5.97 Å². The molecule has 6 heteroatoms. The van der Waals surface area contributed by atoms with Crippen molar-refractivity contribution in [2.75, 3.05) is 6.61 Å². The van der Waals surface area contributed by atoms with E-state index >= 15 is 0 Å². The summed E-state index contributed by atoms with van der Waals surface area (Å²) in [6, 6.07) is 6.05. The molecule has 0 N–H and O–H groups in total. The van der Waals surface area contributed by atoms with Crippen LogP contribution in [0.1, 0.15) is 28.4 Å². The Labute approximate surface area is 115 Å². The summed E-state index contributed by atoms with van der Waals surface area (Å²) in [5, 5.41) is 12.8. The third-order valence-corrected chi connectivity index (χ3v) is 2.64. The van der Waals surface area contributed by atoms with Gasteiger partial charge in [-0.1, -0.05) is 6.07 Å². The normalized spacial score (nSPS) is 10.1. The van der Waals surface area contributed by atoms with Crippen molar-refractivity contribution in [3.63, 3.8) is 0 Å². The molecule has 0 spiro atoms. The van der Waals surface area contributed by atoms with E-state index in [0.717, 1.165) is 5.56 Å². The average molecular weight is 273 g/mol. The number of esters is 1. The summed E-state index contributed by atoms with van der Waals surface area (Å²) in [6.07, 6.45) is 2.96. The van der Waals surface area contributed by atoms with Crippen molar-refractivity contribution in [3.05, 3.63) is 53.1 Å². The highest BCUT2D eigenvalue weighted by Crippen LogP contribution is 2.11. The number of carbonyl (C=O) groups excluding carboxylic acids is 1. The first-order chi connectivity index (χ1) is 9.63. The first-order valence-electron chi connectivity index (χ1n) is 6.02. The summed E-state index contributed by atoms with van der Waals surface area (Å²) < 4.78 is 19.6. The monoisotopic (exact) mass is 273 g/mol. The summed E-state index contributed by atoms with van der Waals surface area (Å²) in [4.78, 5) is 11.5. The number of hydrogen-bond acceptors (Lipinski definition) is 4. The molecule has 0 radical (unpaired) electrons. The molecule has 1 heterocycles. The zero-order valence-electron chi connectivity index (χ0n) is 10.8. The lowest BCUT2D eigenvalue weighted by atomic mass is 10.1. The Hall–Kier alpha value is -2.68. The number of ether oxygens (including phenoxy) is 1. The number of hydrogen-bond donors (Lipinski definition) is 0. The van der Waals surface area contributed by atoms with E-state index in [1.54, 1.807) is 25.3 Å². The summed E-state index contributed by atoms with van der Waals surface area (Å²) in [7, 11) is 0. The minimum atomic E-state index is -0.552. The van der Waals surface area contributed by atoms with Crippen LogP contribution in [-0.2, 0) is 11.3 Å². The maximum atomic E-state index is 13.2. The van der Waals surface area contributed by atoms with Crippen LogP contribution in [0.15, 0.2) is 30.6 Å². The van der Waals surface area contributed by atoms with Gasteiger partial charge in [0, 0.05) is 6.20 Å². The molecule has 0 aliphatic heterocycles. The van der Waals surface area contributed by atoms with E-state index < -0.39 is 11.8 Å². The highest BCUT2D eigenvalue weighted by Gasteiger charge is 2.10. The first kappa shape index (κ1) is 13.7. The van der Waals surface area contributed by atoms with E-state index in [9.17, 15) is 9.18 Å². The summed E-state index contributed by atoms with van der Waals surface area (Å²) in [5.74, 6) is -0.987. The lowest BCUT2D eigenvalue weighted by Crippen LogP contribution is -2.04. The molecule has 0 aliphatic carbocycles. The van der Waals surface area contributed by atoms with Gasteiger partial charge in [-0.2, -0.15) is 10.4 Å². The van der Waals surface area contributed by atoms with Crippen LogP contribution in [0.4, 0.5) is 4.39 Å². The highest BCUT2D eigenvalue weighted by molar-refractivity contribution is 5.88. The molecule has 0 amide bonds. The van der Waals surface area contributed by atoms with Crippen molar-refractivity contribution < 1.29 is 13.9 Å². The molecule has 0 unspecified atom stereocenters. The smallest absolute Gasteiger partial charge is 0.341 e. The molecule has 1 aromatic heterocycles. The summed E-state index contributed by atoms with van der Waals surface area (Å²) >= 11 is 0. The zero-order valence-corrected chi connectivity index (χ0v) is 10.8. The van der Waals surface area contributed by atoms with E-state index in [1.807, 2.05) is 0 Å². The second-order valence-corrected chi connectivity index (χ2v) is 4.07. The molecule has 2 rings (SSSR count). The van der Waals surface area contributed by atoms with E-state index in [4.69, 9.17) is 10.00 Å². The van der Waals surface area contributed by atoms with Crippen molar-refractivity contribution in [2.45, 2.75) is 13.5 Å². The van der Waals surface area contributed by atoms with E-state index in [2.05, 4.69) is 5.10 Å². The number of aromatic nitrogens is 2. The number of nitriles is 1. The Morgan fingerprint density at radius 1 is 1.55 bits per heavy atom. The van der Waals surface area contributed by atoms with Crippen molar-refractivity contribution in [2.24, 2.45) is 0 Å². The van der Waals surface area contributed by atoms with Crippen LogP contribution in [0.25, 0.3) is 0 Å². The fourth-order valence-electron chi connectivity index (χ4n) is 1.71. The molecule has 0 aliphatic rings. The van der Waals surface area contributed by atoms with E-state index in [1.165, 1.54) is 23.0 Å². The molecule has 0 saturated heterocycles. The molecule has 0 saturated carbocycles. The molecular formula is C14H12FN3O2. The standard InChI is InChI=1S/C14H12FN3O2/c1-2-20-14(19)12-7-17-18(9-12)8-10-3-4-13(15)11(5-10)6-16/h3-5,7,9H,2,8H2,1H3. The van der Waals surface area contributed by atoms with Crippen LogP contribution in [0.5, 0.6) is 0 Å². The second-order valence-electron chi connectivity index (χ2n) is 4.07. The second kappa shape index (κ2) is 5.97. The number of nitrogens with zero attached hydrogens (tertiary/aromatic N) is 3. The van der Waals surface area contributed by atoms with Gasteiger partial charge in [0.25, 0.3) is 0 Å². The van der Waals surface area contributed by atoms with Crippen LogP contribution in [0.2, 0.25) is 0 Å². The third kappa shape index (κ3) is 3.01. The minimum Gasteiger partial charge on any atom is -0.462 e. The van der Waals surface area contributed by atoms with Gasteiger partial charge in [-0.15, -0.1) is 0 Å². The van der Waals surface area contributed by atoms with Crippen LogP contribution in [0, 0.1) is 17.1 Å². The molecule has 1 aromatic carbocycles. The quantitative estimate of drug-likeness (QED) is 0.800. The van der Waals surface area contributed by atoms with Gasteiger partial charge in [-0.05, 0) is 24.6 Å². The largest absolute Gasteiger partial charge is 0.462 e. The summed E-state index contributed by atoms with van der Waals surface area (Å²) in [5.41, 5.74) is 1.07. The van der Waals surface area contributed by atoms with Gasteiger partial charge in [0.2, 0.25) is 0 Å². The number of halogens is 1. The van der Waals surface area contributed by atoms with Gasteiger partial charge in [0.05, 0.1) is 30.5 Å². The van der Waals surface area contributed by atoms with Gasteiger partial charge in [-0.25, -0.2) is 9.18 Å². The number of carbonyl (C=O) groups is 1. The summed E-state index contributed by atoms with van der Waals surface area (Å²) in [6.45, 7) is 2.37. The molecule has 5 nitrogen and oxygen atoms in total. The predicted octanol–water partition coefficient (Wildman–Crippen LogP) is 2.12. The van der Waals surface area contributed by atoms with Crippen LogP contribution >= 0.6 is 0 Å². The Kier molecular flexibility index (Phi) is 4.11. The van der Waals surface area contributed by atoms with E-state index in [-0.39, 0.29) is 5.56 Å². The third-order valence-electron chi connectivity index (χ3n) is 2.64. The predicted molar refractivity (Wildman–Crippen MR) is 68.4 cm³/mol. The van der Waals surface area contributed by atoms with Gasteiger partial charge in [0.15, 0.2) is 0 Å². The Bertz CT molecular complexity index is 673. The molecule has 0 fully saturated rings. The van der Waals surface area contributed by atoms with Crippen LogP contribution in [0.3, 0.4) is 0 Å². The fourth-order valence-corrected chi connectivity index (χ4v) is 1.71. The zero-order chi connectivity index (χ0) is 14.5. The van der Waals surface area contributed by atoms with Gasteiger partial charge >= 0.3 is 5.97 Å². The Morgan fingerprint density at radius 2 is 2.35 bits per heavy atom. The fraction of sp³-hybridized carbons (Fsp3) is 0.214. The minimum absolute atomic E-state index is 0.0136. The van der Waals surface area contributed by atoms with Gasteiger partial charge in [0.1, 0.15) is 11.9 Å². The van der Waals surface area contributed by atoms with Crippen molar-refractivity contribution in [1.29, 1.82) is 5.26 Å². The topological polar surface area (TPSA) is 67.9 Å². The molecule has 0 atom stereocenters. The molecule has 20 heavy (non-hydrogen) atoms. The van der Waals surface area contributed by atoms with Crippen LogP contribution < -0.4 is 0 Å². The molecule has 2 aromatic rings. The number of rotatable bonds is 4. The highest BCUT2D eigenvalue weighted by atomic mass is 19.1. The van der Waals surface area contributed by atoms with Crippen molar-refractivity contribution in [3.8, 4) is 6.07 Å². The average Bonchev–Trinajstić information content (AvgIpc) is 2.90. The first-order valence-corrected chi connectivity index (χ1v) is 6.02. The molecule has 0 bridgehead atoms. The number of benzene rings is 1. The Balaban J connectivity index is 2.15.